The van der Waals surface area contributed by atoms with Gasteiger partial charge in [-0.25, -0.2) is 0 Å². The van der Waals surface area contributed by atoms with E-state index in [0.29, 0.717) is 33.3 Å². The van der Waals surface area contributed by atoms with Crippen LogP contribution in [0.1, 0.15) is 20.7 Å². The van der Waals surface area contributed by atoms with Crippen molar-refractivity contribution >= 4 is 29.0 Å². The first-order valence-corrected chi connectivity index (χ1v) is 8.90. The van der Waals surface area contributed by atoms with Gasteiger partial charge in [-0.1, -0.05) is 11.6 Å². The molecule has 0 spiro atoms. The number of amides is 1. The van der Waals surface area contributed by atoms with E-state index in [1.54, 1.807) is 79.9 Å². The van der Waals surface area contributed by atoms with Gasteiger partial charge in [-0.15, -0.1) is 0 Å². The van der Waals surface area contributed by atoms with E-state index in [0.717, 1.165) is 0 Å². The van der Waals surface area contributed by atoms with Crippen molar-refractivity contribution in [2.75, 3.05) is 19.0 Å². The first kappa shape index (κ1) is 19.5. The van der Waals surface area contributed by atoms with Crippen molar-refractivity contribution in [3.63, 3.8) is 0 Å². The Kier molecular flexibility index (Phi) is 6.29. The van der Waals surface area contributed by atoms with Crippen LogP contribution in [0.5, 0.6) is 11.5 Å². The number of benzene rings is 3. The quantitative estimate of drug-likeness (QED) is 0.580. The molecule has 142 valence electrons. The number of hydrogen-bond acceptors (Lipinski definition) is 4. The molecule has 5 nitrogen and oxygen atoms in total. The zero-order valence-electron chi connectivity index (χ0n) is 15.1. The van der Waals surface area contributed by atoms with Crippen LogP contribution >= 0.6 is 11.6 Å². The standard InChI is InChI=1S/C22H18ClNO4/c1-27-19-10-4-15(5-11-19)21(25)14-28-20-12-8-18(9-13-20)24-22(26)16-2-6-17(23)7-3-16/h2-13H,14H2,1H3,(H,24,26). The predicted molar refractivity (Wildman–Crippen MR) is 109 cm³/mol. The molecule has 0 aromatic heterocycles. The number of carbonyl (C=O) groups is 2. The molecule has 0 aliphatic rings. The summed E-state index contributed by atoms with van der Waals surface area (Å²) in [6.45, 7) is -0.0805. The van der Waals surface area contributed by atoms with E-state index < -0.39 is 0 Å². The highest BCUT2D eigenvalue weighted by molar-refractivity contribution is 6.30. The molecular formula is C22H18ClNO4. The topological polar surface area (TPSA) is 64.6 Å². The van der Waals surface area contributed by atoms with Crippen LogP contribution in [0, 0.1) is 0 Å². The molecule has 3 rings (SSSR count). The Bertz CT molecular complexity index is 951. The van der Waals surface area contributed by atoms with Gasteiger partial charge in [-0.05, 0) is 72.8 Å². The summed E-state index contributed by atoms with van der Waals surface area (Å²) in [5.41, 5.74) is 1.68. The maximum atomic E-state index is 12.2. The Hall–Kier alpha value is -3.31. The van der Waals surface area contributed by atoms with E-state index in [2.05, 4.69) is 5.32 Å². The van der Waals surface area contributed by atoms with E-state index in [-0.39, 0.29) is 18.3 Å². The van der Waals surface area contributed by atoms with Crippen molar-refractivity contribution in [3.05, 3.63) is 88.9 Å². The fourth-order valence-corrected chi connectivity index (χ4v) is 2.57. The van der Waals surface area contributed by atoms with Crippen LogP contribution < -0.4 is 14.8 Å². The van der Waals surface area contributed by atoms with Gasteiger partial charge in [-0.2, -0.15) is 0 Å². The second kappa shape index (κ2) is 9.06. The molecule has 28 heavy (non-hydrogen) atoms. The lowest BCUT2D eigenvalue weighted by molar-refractivity contribution is 0.0921. The highest BCUT2D eigenvalue weighted by atomic mass is 35.5. The van der Waals surface area contributed by atoms with Crippen molar-refractivity contribution in [2.24, 2.45) is 0 Å². The number of ether oxygens (including phenoxy) is 2. The average Bonchev–Trinajstić information content (AvgIpc) is 2.73. The van der Waals surface area contributed by atoms with Crippen molar-refractivity contribution in [3.8, 4) is 11.5 Å². The zero-order chi connectivity index (χ0) is 19.9. The van der Waals surface area contributed by atoms with Crippen LogP contribution in [0.2, 0.25) is 5.02 Å². The van der Waals surface area contributed by atoms with Crippen LogP contribution in [0.4, 0.5) is 5.69 Å². The van der Waals surface area contributed by atoms with Gasteiger partial charge >= 0.3 is 0 Å². The van der Waals surface area contributed by atoms with Gasteiger partial charge in [0.15, 0.2) is 12.4 Å². The Morgan fingerprint density at radius 1 is 0.821 bits per heavy atom. The highest BCUT2D eigenvalue weighted by Crippen LogP contribution is 2.18. The number of hydrogen-bond donors (Lipinski definition) is 1. The zero-order valence-corrected chi connectivity index (χ0v) is 15.9. The van der Waals surface area contributed by atoms with Crippen molar-refractivity contribution < 1.29 is 19.1 Å². The molecule has 3 aromatic rings. The van der Waals surface area contributed by atoms with Crippen molar-refractivity contribution in [1.82, 2.24) is 0 Å². The summed E-state index contributed by atoms with van der Waals surface area (Å²) in [6, 6.07) is 20.3. The number of anilines is 1. The molecule has 0 atom stereocenters. The maximum Gasteiger partial charge on any atom is 0.255 e. The molecule has 0 saturated heterocycles. The van der Waals surface area contributed by atoms with Crippen molar-refractivity contribution in [1.29, 1.82) is 0 Å². The molecule has 0 aliphatic carbocycles. The minimum Gasteiger partial charge on any atom is -0.497 e. The Morgan fingerprint density at radius 2 is 1.39 bits per heavy atom. The van der Waals surface area contributed by atoms with E-state index in [9.17, 15) is 9.59 Å². The van der Waals surface area contributed by atoms with E-state index >= 15 is 0 Å². The third kappa shape index (κ3) is 5.11. The summed E-state index contributed by atoms with van der Waals surface area (Å²) in [5, 5.41) is 3.36. The summed E-state index contributed by atoms with van der Waals surface area (Å²) in [4.78, 5) is 24.4. The maximum absolute atomic E-state index is 12.2. The number of rotatable bonds is 7. The van der Waals surface area contributed by atoms with Gasteiger partial charge in [0.05, 0.1) is 7.11 Å². The fraction of sp³-hybridized carbons (Fsp3) is 0.0909. The molecule has 0 heterocycles. The highest BCUT2D eigenvalue weighted by Gasteiger charge is 2.08. The van der Waals surface area contributed by atoms with E-state index in [1.807, 2.05) is 0 Å². The lowest BCUT2D eigenvalue weighted by Crippen LogP contribution is -2.12. The smallest absolute Gasteiger partial charge is 0.255 e. The van der Waals surface area contributed by atoms with Crippen LogP contribution in [-0.4, -0.2) is 25.4 Å². The molecular weight excluding hydrogens is 378 g/mol. The van der Waals surface area contributed by atoms with Gasteiger partial charge in [0.1, 0.15) is 11.5 Å². The number of nitrogens with one attached hydrogen (secondary N) is 1. The molecule has 0 radical (unpaired) electrons. The monoisotopic (exact) mass is 395 g/mol. The normalized spacial score (nSPS) is 10.2. The number of Topliss-reactive ketones (excluding diaryl/α,β-unsaturated/α-hetero) is 1. The van der Waals surface area contributed by atoms with Crippen molar-refractivity contribution in [2.45, 2.75) is 0 Å². The van der Waals surface area contributed by atoms with Crippen LogP contribution in [0.3, 0.4) is 0 Å². The fourth-order valence-electron chi connectivity index (χ4n) is 2.45. The number of methoxy groups -OCH3 is 1. The third-order valence-electron chi connectivity index (χ3n) is 4.00. The second-order valence-electron chi connectivity index (χ2n) is 5.93. The molecule has 0 aliphatic heterocycles. The molecule has 6 heteroatoms. The summed E-state index contributed by atoms with van der Waals surface area (Å²) < 4.78 is 10.6. The molecule has 0 saturated carbocycles. The summed E-state index contributed by atoms with van der Waals surface area (Å²) >= 11 is 5.82. The SMILES string of the molecule is COc1ccc(C(=O)COc2ccc(NC(=O)c3ccc(Cl)cc3)cc2)cc1. The first-order valence-electron chi connectivity index (χ1n) is 8.52. The van der Waals surface area contributed by atoms with E-state index in [1.165, 1.54) is 0 Å². The summed E-state index contributed by atoms with van der Waals surface area (Å²) in [6.07, 6.45) is 0. The largest absolute Gasteiger partial charge is 0.497 e. The van der Waals surface area contributed by atoms with Gasteiger partial charge in [0, 0.05) is 21.8 Å². The van der Waals surface area contributed by atoms with Crippen LogP contribution in [-0.2, 0) is 0 Å². The molecule has 1 N–H and O–H groups in total. The lowest BCUT2D eigenvalue weighted by atomic mass is 10.1. The molecule has 0 unspecified atom stereocenters. The Morgan fingerprint density at radius 3 is 2.00 bits per heavy atom. The third-order valence-corrected chi connectivity index (χ3v) is 4.25. The van der Waals surface area contributed by atoms with Gasteiger partial charge in [-0.3, -0.25) is 9.59 Å². The minimum absolute atomic E-state index is 0.0805. The van der Waals surface area contributed by atoms with Gasteiger partial charge in [0.25, 0.3) is 5.91 Å². The lowest BCUT2D eigenvalue weighted by Gasteiger charge is -2.08. The molecule has 1 amide bonds. The second-order valence-corrected chi connectivity index (χ2v) is 6.36. The summed E-state index contributed by atoms with van der Waals surface area (Å²) in [5.74, 6) is 0.850. The first-order chi connectivity index (χ1) is 13.5. The average molecular weight is 396 g/mol. The van der Waals surface area contributed by atoms with Crippen LogP contribution in [0.15, 0.2) is 72.8 Å². The number of ketones is 1. The summed E-state index contributed by atoms with van der Waals surface area (Å²) in [7, 11) is 1.57. The molecule has 0 bridgehead atoms. The number of carbonyl (C=O) groups excluding carboxylic acids is 2. The van der Waals surface area contributed by atoms with Gasteiger partial charge in [0.2, 0.25) is 0 Å². The van der Waals surface area contributed by atoms with E-state index in [4.69, 9.17) is 21.1 Å². The predicted octanol–water partition coefficient (Wildman–Crippen LogP) is 4.86. The van der Waals surface area contributed by atoms with Gasteiger partial charge < -0.3 is 14.8 Å². The number of halogens is 1. The Balaban J connectivity index is 1.54. The molecule has 0 fully saturated rings. The molecule has 3 aromatic carbocycles. The van der Waals surface area contributed by atoms with Crippen LogP contribution in [0.25, 0.3) is 0 Å². The minimum atomic E-state index is -0.236. The Labute approximate surface area is 167 Å².